The van der Waals surface area contributed by atoms with E-state index in [9.17, 15) is 0 Å². The molecule has 3 rings (SSSR count). The molecule has 1 aromatic rings. The Morgan fingerprint density at radius 3 is 2.94 bits per heavy atom. The van der Waals surface area contributed by atoms with Gasteiger partial charge in [0.15, 0.2) is 11.5 Å². The number of hydrogen-bond acceptors (Lipinski definition) is 3. The zero-order valence-corrected chi connectivity index (χ0v) is 11.3. The fourth-order valence-corrected chi connectivity index (χ4v) is 3.55. The third-order valence-corrected chi connectivity index (χ3v) is 4.35. The molecule has 3 heteroatoms. The predicted octanol–water partition coefficient (Wildman–Crippen LogP) is 2.70. The Kier molecular flexibility index (Phi) is 2.74. The van der Waals surface area contributed by atoms with Crippen LogP contribution in [0.1, 0.15) is 37.7 Å². The van der Waals surface area contributed by atoms with Crippen molar-refractivity contribution in [1.82, 2.24) is 5.32 Å². The molecule has 0 amide bonds. The van der Waals surface area contributed by atoms with Crippen molar-refractivity contribution in [1.29, 1.82) is 0 Å². The van der Waals surface area contributed by atoms with Gasteiger partial charge in [0, 0.05) is 18.0 Å². The summed E-state index contributed by atoms with van der Waals surface area (Å²) in [7, 11) is 3.75. The Hall–Kier alpha value is -1.22. The number of para-hydroxylation sites is 1. The van der Waals surface area contributed by atoms with E-state index in [1.165, 1.54) is 12.0 Å². The van der Waals surface area contributed by atoms with Crippen LogP contribution in [0.4, 0.5) is 0 Å². The highest BCUT2D eigenvalue weighted by Gasteiger charge is 2.44. The number of hydrogen-bond donors (Lipinski definition) is 1. The largest absolute Gasteiger partial charge is 0.493 e. The second-order valence-electron chi connectivity index (χ2n) is 5.76. The van der Waals surface area contributed by atoms with E-state index in [1.807, 2.05) is 13.1 Å². The normalized spacial score (nSPS) is 33.5. The van der Waals surface area contributed by atoms with Crippen LogP contribution in [-0.2, 0) is 0 Å². The zero-order chi connectivity index (χ0) is 12.8. The molecule has 3 atom stereocenters. The van der Waals surface area contributed by atoms with E-state index in [-0.39, 0.29) is 5.60 Å². The second kappa shape index (κ2) is 4.16. The summed E-state index contributed by atoms with van der Waals surface area (Å²) in [6, 6.07) is 6.78. The van der Waals surface area contributed by atoms with Gasteiger partial charge in [0.2, 0.25) is 0 Å². The van der Waals surface area contributed by atoms with E-state index in [1.54, 1.807) is 7.11 Å². The van der Waals surface area contributed by atoms with E-state index in [0.717, 1.165) is 24.3 Å². The molecule has 0 aromatic heterocycles. The van der Waals surface area contributed by atoms with E-state index >= 15 is 0 Å². The van der Waals surface area contributed by atoms with Gasteiger partial charge in [0.05, 0.1) is 7.11 Å². The Morgan fingerprint density at radius 1 is 1.39 bits per heavy atom. The number of ether oxygens (including phenoxy) is 2. The van der Waals surface area contributed by atoms with Crippen molar-refractivity contribution in [2.45, 2.75) is 43.7 Å². The summed E-state index contributed by atoms with van der Waals surface area (Å²) in [5, 5.41) is 3.41. The average molecular weight is 247 g/mol. The maximum Gasteiger partial charge on any atom is 0.165 e. The highest BCUT2D eigenvalue weighted by atomic mass is 16.5. The van der Waals surface area contributed by atoms with Crippen LogP contribution >= 0.6 is 0 Å². The number of methoxy groups -OCH3 is 1. The molecule has 0 spiro atoms. The van der Waals surface area contributed by atoms with Crippen LogP contribution < -0.4 is 14.8 Å². The predicted molar refractivity (Wildman–Crippen MR) is 71.5 cm³/mol. The van der Waals surface area contributed by atoms with E-state index in [2.05, 4.69) is 24.4 Å². The lowest BCUT2D eigenvalue weighted by atomic mass is 9.71. The average Bonchev–Trinajstić information content (AvgIpc) is 2.37. The summed E-state index contributed by atoms with van der Waals surface area (Å²) in [6.07, 6.45) is 3.37. The van der Waals surface area contributed by atoms with E-state index in [0.29, 0.717) is 12.0 Å². The molecule has 0 saturated heterocycles. The van der Waals surface area contributed by atoms with Gasteiger partial charge in [0.25, 0.3) is 0 Å². The molecule has 1 saturated carbocycles. The minimum atomic E-state index is -0.0573. The first kappa shape index (κ1) is 11.8. The summed E-state index contributed by atoms with van der Waals surface area (Å²) >= 11 is 0. The summed E-state index contributed by atoms with van der Waals surface area (Å²) in [6.45, 7) is 2.22. The van der Waals surface area contributed by atoms with Gasteiger partial charge in [-0.3, -0.25) is 0 Å². The minimum Gasteiger partial charge on any atom is -0.493 e. The quantitative estimate of drug-likeness (QED) is 0.871. The van der Waals surface area contributed by atoms with Gasteiger partial charge >= 0.3 is 0 Å². The van der Waals surface area contributed by atoms with Gasteiger partial charge < -0.3 is 14.8 Å². The molecule has 98 valence electrons. The number of rotatable bonds is 2. The summed E-state index contributed by atoms with van der Waals surface area (Å²) in [4.78, 5) is 0. The van der Waals surface area contributed by atoms with Gasteiger partial charge in [0.1, 0.15) is 5.60 Å². The number of nitrogens with one attached hydrogen (secondary N) is 1. The molecule has 3 unspecified atom stereocenters. The molecule has 1 aliphatic carbocycles. The van der Waals surface area contributed by atoms with Crippen molar-refractivity contribution in [2.75, 3.05) is 14.2 Å². The maximum atomic E-state index is 6.28. The van der Waals surface area contributed by atoms with Crippen LogP contribution in [0, 0.1) is 0 Å². The molecule has 2 aliphatic rings. The first-order valence-corrected chi connectivity index (χ1v) is 6.68. The molecule has 18 heavy (non-hydrogen) atoms. The van der Waals surface area contributed by atoms with Gasteiger partial charge in [-0.25, -0.2) is 0 Å². The molecule has 3 nitrogen and oxygen atoms in total. The van der Waals surface area contributed by atoms with Crippen LogP contribution in [0.15, 0.2) is 18.2 Å². The van der Waals surface area contributed by atoms with Crippen molar-refractivity contribution in [3.63, 3.8) is 0 Å². The first-order chi connectivity index (χ1) is 8.65. The lowest BCUT2D eigenvalue weighted by Crippen LogP contribution is -2.49. The van der Waals surface area contributed by atoms with Crippen molar-refractivity contribution in [3.8, 4) is 11.5 Å². The van der Waals surface area contributed by atoms with Crippen LogP contribution in [0.2, 0.25) is 0 Å². The molecule has 2 bridgehead atoms. The van der Waals surface area contributed by atoms with Crippen LogP contribution in [0.3, 0.4) is 0 Å². The molecule has 0 radical (unpaired) electrons. The third kappa shape index (κ3) is 1.77. The monoisotopic (exact) mass is 247 g/mol. The fraction of sp³-hybridized carbons (Fsp3) is 0.600. The second-order valence-corrected chi connectivity index (χ2v) is 5.76. The highest BCUT2D eigenvalue weighted by molar-refractivity contribution is 5.50. The van der Waals surface area contributed by atoms with Crippen molar-refractivity contribution < 1.29 is 9.47 Å². The fourth-order valence-electron chi connectivity index (χ4n) is 3.55. The molecule has 1 aromatic carbocycles. The van der Waals surface area contributed by atoms with Crippen molar-refractivity contribution >= 4 is 0 Å². The molecular formula is C15H21NO2. The molecule has 1 N–H and O–H groups in total. The summed E-state index contributed by atoms with van der Waals surface area (Å²) < 4.78 is 11.7. The van der Waals surface area contributed by atoms with Gasteiger partial charge in [-0.05, 0) is 38.8 Å². The third-order valence-electron chi connectivity index (χ3n) is 4.35. The Balaban J connectivity index is 2.04. The van der Waals surface area contributed by atoms with Gasteiger partial charge in [-0.1, -0.05) is 12.1 Å². The topological polar surface area (TPSA) is 30.5 Å². The lowest BCUT2D eigenvalue weighted by Gasteiger charge is -2.47. The molecular weight excluding hydrogens is 226 g/mol. The lowest BCUT2D eigenvalue weighted by molar-refractivity contribution is 0.00649. The molecule has 1 aliphatic heterocycles. The maximum absolute atomic E-state index is 6.28. The van der Waals surface area contributed by atoms with Crippen LogP contribution in [0.5, 0.6) is 11.5 Å². The van der Waals surface area contributed by atoms with E-state index < -0.39 is 0 Å². The van der Waals surface area contributed by atoms with Gasteiger partial charge in [-0.2, -0.15) is 0 Å². The highest BCUT2D eigenvalue weighted by Crippen LogP contribution is 2.51. The van der Waals surface area contributed by atoms with Crippen molar-refractivity contribution in [2.24, 2.45) is 0 Å². The first-order valence-electron chi connectivity index (χ1n) is 6.68. The van der Waals surface area contributed by atoms with E-state index in [4.69, 9.17) is 9.47 Å². The SMILES string of the molecule is CNC1CC2CC(C)(C1)Oc1c(OC)cccc12. The van der Waals surface area contributed by atoms with Crippen LogP contribution in [-0.4, -0.2) is 25.8 Å². The molecule has 1 fully saturated rings. The minimum absolute atomic E-state index is 0.0573. The number of benzene rings is 1. The Labute approximate surface area is 108 Å². The van der Waals surface area contributed by atoms with Crippen molar-refractivity contribution in [3.05, 3.63) is 23.8 Å². The smallest absolute Gasteiger partial charge is 0.165 e. The summed E-state index contributed by atoms with van der Waals surface area (Å²) in [5.41, 5.74) is 1.25. The Bertz CT molecular complexity index is 460. The summed E-state index contributed by atoms with van der Waals surface area (Å²) in [5.74, 6) is 2.42. The Morgan fingerprint density at radius 2 is 2.22 bits per heavy atom. The van der Waals surface area contributed by atoms with Gasteiger partial charge in [-0.15, -0.1) is 0 Å². The van der Waals surface area contributed by atoms with Crippen LogP contribution in [0.25, 0.3) is 0 Å². The standard InChI is InChI=1S/C15H21NO2/c1-15-8-10(7-11(9-15)16-2)12-5-4-6-13(17-3)14(12)18-15/h4-6,10-11,16H,7-9H2,1-3H3. The molecule has 1 heterocycles. The number of fused-ring (bicyclic) bond motifs is 4. The zero-order valence-electron chi connectivity index (χ0n) is 11.3.